The van der Waals surface area contributed by atoms with Gasteiger partial charge in [0.2, 0.25) is 0 Å². The van der Waals surface area contributed by atoms with Gasteiger partial charge in [-0.2, -0.15) is 0 Å². The molecule has 0 aliphatic rings. The zero-order valence-corrected chi connectivity index (χ0v) is 21.1. The monoisotopic (exact) mass is 463 g/mol. The second-order valence-corrected chi connectivity index (χ2v) is 2.57. The van der Waals surface area contributed by atoms with Crippen molar-refractivity contribution in [3.63, 3.8) is 0 Å². The molecular weight excluding hydrogens is 435 g/mol. The molecule has 1 aromatic rings. The Balaban J connectivity index is -0.0000000166. The van der Waals surface area contributed by atoms with E-state index in [0.29, 0.717) is 0 Å². The third-order valence-electron chi connectivity index (χ3n) is 0.667. The first kappa shape index (κ1) is 42.7. The summed E-state index contributed by atoms with van der Waals surface area (Å²) in [6, 6.07) is 12.0. The minimum atomic E-state index is 0. The molecule has 0 atom stereocenters. The van der Waals surface area contributed by atoms with Crippen LogP contribution in [0.15, 0.2) is 36.4 Å². The summed E-state index contributed by atoms with van der Waals surface area (Å²) in [5.41, 5.74) is 0. The molecule has 0 bridgehead atoms. The van der Waals surface area contributed by atoms with Crippen molar-refractivity contribution in [1.29, 1.82) is 0 Å². The zero-order valence-electron chi connectivity index (χ0n) is 12.6. The van der Waals surface area contributed by atoms with E-state index in [0.717, 1.165) is 0 Å². The van der Waals surface area contributed by atoms with Crippen molar-refractivity contribution >= 4 is 0 Å². The van der Waals surface area contributed by atoms with Gasteiger partial charge >= 0.3 is 0 Å². The van der Waals surface area contributed by atoms with E-state index < -0.39 is 0 Å². The van der Waals surface area contributed by atoms with Crippen LogP contribution in [0.25, 0.3) is 0 Å². The Morgan fingerprint density at radius 3 is 0.588 bits per heavy atom. The van der Waals surface area contributed by atoms with Gasteiger partial charge in [-0.3, -0.25) is 0 Å². The van der Waals surface area contributed by atoms with E-state index in [4.69, 9.17) is 0 Å². The maximum absolute atomic E-state index is 2.12. The fourth-order valence-corrected chi connectivity index (χ4v) is 0.385. The molecule has 0 heterocycles. The van der Waals surface area contributed by atoms with E-state index in [1.165, 1.54) is 12.8 Å². The summed E-state index contributed by atoms with van der Waals surface area (Å²) in [5.74, 6) is 0. The maximum atomic E-state index is 2.12. The number of hydrogen-bond acceptors (Lipinski definition) is 0. The summed E-state index contributed by atoms with van der Waals surface area (Å²) in [6.07, 6.45) is 2.50. The Morgan fingerprint density at radius 2 is 0.529 bits per heavy atom. The molecule has 3 radical (unpaired) electrons. The van der Waals surface area contributed by atoms with Crippen LogP contribution < -0.4 is 0 Å². The van der Waals surface area contributed by atoms with Gasteiger partial charge < -0.3 is 14.9 Å². The third kappa shape index (κ3) is 69.6. The van der Waals surface area contributed by atoms with Crippen molar-refractivity contribution in [3.8, 4) is 0 Å². The van der Waals surface area contributed by atoms with Gasteiger partial charge in [-0.15, -0.1) is 0 Å². The van der Waals surface area contributed by atoms with Crippen molar-refractivity contribution in [2.24, 2.45) is 0 Å². The van der Waals surface area contributed by atoms with Gasteiger partial charge in [0, 0.05) is 98.1 Å². The number of benzene rings is 1. The molecule has 0 N–H and O–H groups in total. The molecule has 95 valence electrons. The molecule has 0 amide bonds. The van der Waals surface area contributed by atoms with Gasteiger partial charge in [-0.05, 0) is 0 Å². The molecular formula is C14H28Y3-2. The first-order valence-corrected chi connectivity index (χ1v) is 4.83. The van der Waals surface area contributed by atoms with Crippen LogP contribution in [0.2, 0.25) is 0 Å². The SMILES string of the molecule is CCC.CCC.[CH3-].[CH3-].[Y].[Y].[Y].c1ccccc1. The molecule has 0 aliphatic carbocycles. The molecule has 0 unspecified atom stereocenters. The average Bonchev–Trinajstić information content (AvgIpc) is 2.10. The largest absolute Gasteiger partial charge is 0.358 e. The van der Waals surface area contributed by atoms with E-state index >= 15 is 0 Å². The third-order valence-corrected chi connectivity index (χ3v) is 0.667. The average molecular weight is 463 g/mol. The van der Waals surface area contributed by atoms with E-state index in [2.05, 4.69) is 27.7 Å². The van der Waals surface area contributed by atoms with Crippen molar-refractivity contribution in [1.82, 2.24) is 0 Å². The van der Waals surface area contributed by atoms with E-state index in [9.17, 15) is 0 Å². The van der Waals surface area contributed by atoms with Gasteiger partial charge in [0.15, 0.2) is 0 Å². The minimum Gasteiger partial charge on any atom is -0.358 e. The summed E-state index contributed by atoms with van der Waals surface area (Å²) in [7, 11) is 0. The zero-order chi connectivity index (χ0) is 9.66. The molecule has 0 nitrogen and oxygen atoms in total. The first-order chi connectivity index (χ1) is 5.83. The molecule has 1 rings (SSSR count). The summed E-state index contributed by atoms with van der Waals surface area (Å²) < 4.78 is 0. The molecule has 0 spiro atoms. The standard InChI is InChI=1S/C6H6.2C3H8.2CH3.3Y/c1-2-4-6-5-3-1;2*1-3-2;;;;;/h1-6H;2*3H2,1-2H3;2*1H3;;;/q;;;2*-1;;;. The second kappa shape index (κ2) is 51.4. The fourth-order valence-electron chi connectivity index (χ4n) is 0.385. The predicted molar refractivity (Wildman–Crippen MR) is 71.2 cm³/mol. The second-order valence-electron chi connectivity index (χ2n) is 2.57. The normalized spacial score (nSPS) is 4.94. The van der Waals surface area contributed by atoms with Crippen LogP contribution in [0.1, 0.15) is 40.5 Å². The maximum Gasteiger partial charge on any atom is 0 e. The Kier molecular flexibility index (Phi) is 129. The van der Waals surface area contributed by atoms with Crippen LogP contribution in [0.4, 0.5) is 0 Å². The van der Waals surface area contributed by atoms with Crippen molar-refractivity contribution in [2.45, 2.75) is 40.5 Å². The van der Waals surface area contributed by atoms with E-state index in [1.807, 2.05) is 36.4 Å². The molecule has 0 saturated heterocycles. The molecule has 0 aliphatic heterocycles. The molecule has 17 heavy (non-hydrogen) atoms. The summed E-state index contributed by atoms with van der Waals surface area (Å²) >= 11 is 0. The molecule has 3 heteroatoms. The number of hydrogen-bond donors (Lipinski definition) is 0. The van der Waals surface area contributed by atoms with Crippen LogP contribution in [0.5, 0.6) is 0 Å². The molecule has 0 aromatic heterocycles. The van der Waals surface area contributed by atoms with Crippen LogP contribution in [-0.4, -0.2) is 0 Å². The van der Waals surface area contributed by atoms with Gasteiger partial charge in [-0.1, -0.05) is 76.9 Å². The van der Waals surface area contributed by atoms with Gasteiger partial charge in [0.1, 0.15) is 0 Å². The Hall–Kier alpha value is 2.53. The molecule has 0 fully saturated rings. The first-order valence-electron chi connectivity index (χ1n) is 4.83. The Bertz CT molecular complexity index is 103. The van der Waals surface area contributed by atoms with E-state index in [1.54, 1.807) is 0 Å². The minimum absolute atomic E-state index is 0. The van der Waals surface area contributed by atoms with Crippen LogP contribution in [0, 0.1) is 14.9 Å². The molecule has 0 saturated carbocycles. The molecule has 1 aromatic carbocycles. The Morgan fingerprint density at radius 1 is 0.471 bits per heavy atom. The van der Waals surface area contributed by atoms with Gasteiger partial charge in [0.25, 0.3) is 0 Å². The fraction of sp³-hybridized carbons (Fsp3) is 0.429. The number of rotatable bonds is 0. The Labute approximate surface area is 187 Å². The van der Waals surface area contributed by atoms with Crippen LogP contribution in [0.3, 0.4) is 0 Å². The smallest absolute Gasteiger partial charge is 0 e. The van der Waals surface area contributed by atoms with Crippen molar-refractivity contribution in [3.05, 3.63) is 51.3 Å². The predicted octanol–water partition coefficient (Wildman–Crippen LogP) is 5.41. The van der Waals surface area contributed by atoms with Crippen molar-refractivity contribution in [2.75, 3.05) is 0 Å². The van der Waals surface area contributed by atoms with Gasteiger partial charge in [-0.25, -0.2) is 0 Å². The summed E-state index contributed by atoms with van der Waals surface area (Å²) in [4.78, 5) is 0. The van der Waals surface area contributed by atoms with Crippen LogP contribution in [-0.2, 0) is 98.1 Å². The summed E-state index contributed by atoms with van der Waals surface area (Å²) in [5, 5.41) is 0. The van der Waals surface area contributed by atoms with Gasteiger partial charge in [0.05, 0.1) is 0 Å². The van der Waals surface area contributed by atoms with Crippen LogP contribution >= 0.6 is 0 Å². The summed E-state index contributed by atoms with van der Waals surface area (Å²) in [6.45, 7) is 8.50. The topological polar surface area (TPSA) is 0 Å². The van der Waals surface area contributed by atoms with E-state index in [-0.39, 0.29) is 113 Å². The van der Waals surface area contributed by atoms with Crippen molar-refractivity contribution < 1.29 is 98.1 Å². The quantitative estimate of drug-likeness (QED) is 0.452.